The molecule has 0 unspecified atom stereocenters. The van der Waals surface area contributed by atoms with E-state index in [1.165, 1.54) is 13.2 Å². The third-order valence-electron chi connectivity index (χ3n) is 7.94. The lowest BCUT2D eigenvalue weighted by molar-refractivity contribution is -0.155. The molecule has 3 N–H and O–H groups in total. The van der Waals surface area contributed by atoms with E-state index in [4.69, 9.17) is 9.47 Å². The van der Waals surface area contributed by atoms with E-state index in [0.29, 0.717) is 49.2 Å². The smallest absolute Gasteiger partial charge is 0.311 e. The van der Waals surface area contributed by atoms with Crippen LogP contribution in [-0.4, -0.2) is 58.6 Å². The number of amides is 3. The lowest BCUT2D eigenvalue weighted by Gasteiger charge is -2.41. The average molecular weight is 567 g/mol. The predicted molar refractivity (Wildman–Crippen MR) is 144 cm³/mol. The monoisotopic (exact) mass is 566 g/mol. The number of hydrogen-bond acceptors (Lipinski definition) is 8. The van der Waals surface area contributed by atoms with Crippen molar-refractivity contribution in [3.8, 4) is 5.75 Å². The van der Waals surface area contributed by atoms with Gasteiger partial charge in [0.25, 0.3) is 17.7 Å². The van der Waals surface area contributed by atoms with Gasteiger partial charge in [0.2, 0.25) is 0 Å². The minimum absolute atomic E-state index is 0.0449. The number of hydrogen-bond donors (Lipinski definition) is 3. The Morgan fingerprint density at radius 3 is 2.61 bits per heavy atom. The van der Waals surface area contributed by atoms with Crippen molar-refractivity contribution in [2.45, 2.75) is 46.1 Å². The zero-order valence-electron chi connectivity index (χ0n) is 23.0. The maximum atomic E-state index is 14.5. The number of rotatable bonds is 7. The summed E-state index contributed by atoms with van der Waals surface area (Å²) in [4.78, 5) is 54.2. The van der Waals surface area contributed by atoms with Crippen molar-refractivity contribution in [3.05, 3.63) is 53.2 Å². The molecule has 0 saturated heterocycles. The Balaban J connectivity index is 1.28. The molecular formula is C28H31FN6O6. The van der Waals surface area contributed by atoms with Crippen molar-refractivity contribution in [1.29, 1.82) is 0 Å². The van der Waals surface area contributed by atoms with Crippen LogP contribution >= 0.6 is 0 Å². The zero-order chi connectivity index (χ0) is 29.4. The molecule has 0 bridgehead atoms. The standard InChI is InChI=1S/C28H31FN6O6/c1-27(6-8-28(2,9-7-27)26(39)40-3)15-31-25(38)20-11-19(34-23-17(29)13-32-35(20)23)24(37)30-12-16-4-5-21-18(10-16)33-22(36)14-41-21/h4-5,10-11,13H,6-9,12,14-15H2,1-3H3,(H,30,37)(H,31,38)(H,33,36). The molecule has 3 heterocycles. The second-order valence-corrected chi connectivity index (χ2v) is 11.2. The van der Waals surface area contributed by atoms with Crippen molar-refractivity contribution >= 4 is 35.0 Å². The number of nitrogens with zero attached hydrogens (tertiary/aromatic N) is 3. The largest absolute Gasteiger partial charge is 0.482 e. The molecule has 0 atom stereocenters. The summed E-state index contributed by atoms with van der Waals surface area (Å²) in [7, 11) is 1.38. The van der Waals surface area contributed by atoms with Gasteiger partial charge in [0.1, 0.15) is 17.1 Å². The molecule has 3 amide bonds. The number of methoxy groups -OCH3 is 1. The summed E-state index contributed by atoms with van der Waals surface area (Å²) in [5, 5.41) is 12.2. The van der Waals surface area contributed by atoms with Gasteiger partial charge in [-0.15, -0.1) is 0 Å². The summed E-state index contributed by atoms with van der Waals surface area (Å²) in [6.07, 6.45) is 3.59. The molecule has 12 nitrogen and oxygen atoms in total. The Bertz CT molecular complexity index is 1540. The second kappa shape index (κ2) is 10.8. The van der Waals surface area contributed by atoms with Gasteiger partial charge in [-0.1, -0.05) is 13.0 Å². The fourth-order valence-electron chi connectivity index (χ4n) is 5.14. The zero-order valence-corrected chi connectivity index (χ0v) is 23.0. The van der Waals surface area contributed by atoms with Crippen molar-refractivity contribution < 1.29 is 33.0 Å². The minimum Gasteiger partial charge on any atom is -0.482 e. The molecule has 0 radical (unpaired) electrons. The minimum atomic E-state index is -0.777. The SMILES string of the molecule is COC(=O)C1(C)CCC(C)(CNC(=O)c2cc(C(=O)NCc3ccc4c(c3)NC(=O)CO4)nc3c(F)cnn23)CC1. The third kappa shape index (κ3) is 5.70. The molecule has 216 valence electrons. The Morgan fingerprint density at radius 2 is 1.88 bits per heavy atom. The molecule has 41 heavy (non-hydrogen) atoms. The van der Waals surface area contributed by atoms with Gasteiger partial charge in [0, 0.05) is 19.2 Å². The second-order valence-electron chi connectivity index (χ2n) is 11.2. The molecule has 13 heteroatoms. The summed E-state index contributed by atoms with van der Waals surface area (Å²) in [6.45, 7) is 4.27. The number of fused-ring (bicyclic) bond motifs is 2. The Morgan fingerprint density at radius 1 is 1.12 bits per heavy atom. The molecule has 1 aliphatic heterocycles. The van der Waals surface area contributed by atoms with Gasteiger partial charge in [0.05, 0.1) is 24.4 Å². The summed E-state index contributed by atoms with van der Waals surface area (Å²) in [5.41, 5.74) is -0.0916. The average Bonchev–Trinajstić information content (AvgIpc) is 3.35. The number of ether oxygens (including phenoxy) is 2. The highest BCUT2D eigenvalue weighted by atomic mass is 19.1. The Hall–Kier alpha value is -4.55. The van der Waals surface area contributed by atoms with E-state index in [1.54, 1.807) is 18.2 Å². The van der Waals surface area contributed by atoms with Gasteiger partial charge in [-0.05, 0) is 55.7 Å². The molecule has 3 aromatic rings. The van der Waals surface area contributed by atoms with Gasteiger partial charge in [-0.25, -0.2) is 13.9 Å². The van der Waals surface area contributed by atoms with Crippen LogP contribution in [0.15, 0.2) is 30.5 Å². The maximum absolute atomic E-state index is 14.5. The lowest BCUT2D eigenvalue weighted by atomic mass is 9.65. The van der Waals surface area contributed by atoms with Gasteiger partial charge in [-0.2, -0.15) is 5.10 Å². The molecule has 1 fully saturated rings. The lowest BCUT2D eigenvalue weighted by Crippen LogP contribution is -2.43. The highest BCUT2D eigenvalue weighted by Crippen LogP contribution is 2.45. The number of aromatic nitrogens is 3. The van der Waals surface area contributed by atoms with E-state index in [1.807, 2.05) is 13.8 Å². The van der Waals surface area contributed by atoms with Crippen LogP contribution in [0.25, 0.3) is 5.65 Å². The number of carbonyl (C=O) groups is 4. The van der Waals surface area contributed by atoms with Crippen LogP contribution in [0.2, 0.25) is 0 Å². The van der Waals surface area contributed by atoms with Crippen LogP contribution in [0.1, 0.15) is 66.1 Å². The van der Waals surface area contributed by atoms with E-state index < -0.39 is 23.0 Å². The first-order valence-electron chi connectivity index (χ1n) is 13.2. The van der Waals surface area contributed by atoms with Crippen LogP contribution in [0.5, 0.6) is 5.75 Å². The molecule has 1 saturated carbocycles. The molecule has 1 aliphatic carbocycles. The van der Waals surface area contributed by atoms with Crippen molar-refractivity contribution in [2.24, 2.45) is 10.8 Å². The molecule has 2 aromatic heterocycles. The number of halogens is 1. The van der Waals surface area contributed by atoms with Crippen LogP contribution in [0, 0.1) is 16.6 Å². The van der Waals surface area contributed by atoms with Crippen molar-refractivity contribution in [3.63, 3.8) is 0 Å². The fraction of sp³-hybridized carbons (Fsp3) is 0.429. The van der Waals surface area contributed by atoms with E-state index in [2.05, 4.69) is 26.0 Å². The normalized spacial score (nSPS) is 21.8. The Kier molecular flexibility index (Phi) is 7.37. The number of nitrogens with one attached hydrogen (secondary N) is 3. The third-order valence-corrected chi connectivity index (χ3v) is 7.94. The molecular weight excluding hydrogens is 535 g/mol. The highest BCUT2D eigenvalue weighted by Gasteiger charge is 2.43. The molecule has 5 rings (SSSR count). The van der Waals surface area contributed by atoms with E-state index in [-0.39, 0.29) is 47.5 Å². The van der Waals surface area contributed by atoms with Gasteiger partial charge in [0.15, 0.2) is 18.1 Å². The summed E-state index contributed by atoms with van der Waals surface area (Å²) in [6, 6.07) is 6.37. The van der Waals surface area contributed by atoms with Crippen LogP contribution < -0.4 is 20.7 Å². The maximum Gasteiger partial charge on any atom is 0.311 e. The quantitative estimate of drug-likeness (QED) is 0.369. The van der Waals surface area contributed by atoms with Gasteiger partial charge in [-0.3, -0.25) is 19.2 Å². The molecule has 1 aromatic carbocycles. The first-order valence-corrected chi connectivity index (χ1v) is 13.2. The first kappa shape index (κ1) is 28.0. The van der Waals surface area contributed by atoms with Crippen LogP contribution in [0.4, 0.5) is 10.1 Å². The number of esters is 1. The topological polar surface area (TPSA) is 153 Å². The summed E-state index contributed by atoms with van der Waals surface area (Å²) >= 11 is 0. The fourth-order valence-corrected chi connectivity index (χ4v) is 5.14. The van der Waals surface area contributed by atoms with E-state index >= 15 is 0 Å². The first-order chi connectivity index (χ1) is 19.5. The van der Waals surface area contributed by atoms with Gasteiger partial charge < -0.3 is 25.4 Å². The van der Waals surface area contributed by atoms with Crippen molar-refractivity contribution in [1.82, 2.24) is 25.2 Å². The van der Waals surface area contributed by atoms with E-state index in [0.717, 1.165) is 10.7 Å². The van der Waals surface area contributed by atoms with Gasteiger partial charge >= 0.3 is 5.97 Å². The predicted octanol–water partition coefficient (Wildman–Crippen LogP) is 2.62. The van der Waals surface area contributed by atoms with E-state index in [9.17, 15) is 23.6 Å². The van der Waals surface area contributed by atoms with Crippen LogP contribution in [-0.2, 0) is 20.9 Å². The molecule has 2 aliphatic rings. The van der Waals surface area contributed by atoms with Crippen LogP contribution in [0.3, 0.4) is 0 Å². The summed E-state index contributed by atoms with van der Waals surface area (Å²) < 4.78 is 25.8. The van der Waals surface area contributed by atoms with Crippen molar-refractivity contribution in [2.75, 3.05) is 25.6 Å². The Labute approximate surface area is 235 Å². The summed E-state index contributed by atoms with van der Waals surface area (Å²) in [5.74, 6) is -1.92. The number of benzene rings is 1. The number of anilines is 1. The number of carbonyl (C=O) groups excluding carboxylic acids is 4. The highest BCUT2D eigenvalue weighted by molar-refractivity contribution is 5.98. The molecule has 0 spiro atoms.